The van der Waals surface area contributed by atoms with Crippen molar-refractivity contribution in [2.24, 2.45) is 0 Å². The summed E-state index contributed by atoms with van der Waals surface area (Å²) in [6.07, 6.45) is 1.70. The second-order valence-electron chi connectivity index (χ2n) is 6.93. The lowest BCUT2D eigenvalue weighted by molar-refractivity contribution is -0.120. The van der Waals surface area contributed by atoms with Gasteiger partial charge in [-0.05, 0) is 53.3 Å². The molecule has 1 heterocycles. The molecule has 0 bridgehead atoms. The van der Waals surface area contributed by atoms with E-state index >= 15 is 0 Å². The van der Waals surface area contributed by atoms with Crippen molar-refractivity contribution in [2.75, 3.05) is 17.0 Å². The van der Waals surface area contributed by atoms with E-state index in [4.69, 9.17) is 10.4 Å². The molecule has 10 heteroatoms. The molecule has 0 unspecified atom stereocenters. The lowest BCUT2D eigenvalue weighted by Crippen LogP contribution is -2.29. The molecule has 154 valence electrons. The van der Waals surface area contributed by atoms with Crippen LogP contribution in [0.2, 0.25) is 0 Å². The van der Waals surface area contributed by atoms with Crippen LogP contribution in [0.3, 0.4) is 0 Å². The number of benzene rings is 2. The number of carbonyl (C=O) groups excluding carboxylic acids is 1. The highest BCUT2D eigenvalue weighted by atomic mass is 32.2. The molecular weight excluding hydrogens is 393 g/mol. The Morgan fingerprint density at radius 3 is 2.83 bits per heavy atom. The summed E-state index contributed by atoms with van der Waals surface area (Å²) in [5, 5.41) is 12.6. The molecule has 29 heavy (non-hydrogen) atoms. The van der Waals surface area contributed by atoms with Gasteiger partial charge < -0.3 is 20.7 Å². The number of hydrogen-bond acceptors (Lipinski definition) is 6. The van der Waals surface area contributed by atoms with Gasteiger partial charge >= 0.3 is 7.12 Å². The first-order valence-electron chi connectivity index (χ1n) is 9.40. The Labute approximate surface area is 170 Å². The van der Waals surface area contributed by atoms with Crippen molar-refractivity contribution in [3.63, 3.8) is 0 Å². The van der Waals surface area contributed by atoms with Crippen LogP contribution in [0.25, 0.3) is 0 Å². The summed E-state index contributed by atoms with van der Waals surface area (Å²) in [5.41, 5.74) is 8.12. The maximum absolute atomic E-state index is 13.0. The number of carbonyl (C=O) groups is 1. The van der Waals surface area contributed by atoms with Crippen molar-refractivity contribution >= 4 is 39.9 Å². The molecule has 0 aliphatic carbocycles. The van der Waals surface area contributed by atoms with E-state index in [2.05, 4.69) is 10.0 Å². The molecule has 3 rings (SSSR count). The molecule has 0 aromatic heterocycles. The summed E-state index contributed by atoms with van der Waals surface area (Å²) in [4.78, 5) is 12.2. The summed E-state index contributed by atoms with van der Waals surface area (Å²) in [6, 6.07) is 9.21. The zero-order valence-electron chi connectivity index (χ0n) is 16.1. The van der Waals surface area contributed by atoms with Crippen LogP contribution in [0.5, 0.6) is 0 Å². The number of anilines is 2. The Hall–Kier alpha value is -2.56. The summed E-state index contributed by atoms with van der Waals surface area (Å²) >= 11 is 0. The highest BCUT2D eigenvalue weighted by Gasteiger charge is 2.28. The molecule has 0 atom stereocenters. The summed E-state index contributed by atoms with van der Waals surface area (Å²) < 4.78 is 33.6. The lowest BCUT2D eigenvalue weighted by atomic mass is 9.79. The summed E-state index contributed by atoms with van der Waals surface area (Å²) in [7, 11) is -5.05. The van der Waals surface area contributed by atoms with Gasteiger partial charge in [0.05, 0.1) is 17.9 Å². The topological polar surface area (TPSA) is 131 Å². The average molecular weight is 417 g/mol. The van der Waals surface area contributed by atoms with Gasteiger partial charge in [0.2, 0.25) is 5.91 Å². The fourth-order valence-electron chi connectivity index (χ4n) is 3.13. The van der Waals surface area contributed by atoms with Gasteiger partial charge in [-0.2, -0.15) is 0 Å². The van der Waals surface area contributed by atoms with Crippen LogP contribution < -0.4 is 21.2 Å². The standard InChI is InChI=1S/C19H24BN3O5S/c1-2-3-8-22-19(24)10-14-9-15(21)5-7-18(14)29(26,27)23-16-6-4-13-12-28-20(25)17(13)11-16/h4-7,9,11,23,25H,2-3,8,10,12,21H2,1H3,(H,22,24). The molecular formula is C19H24BN3O5S. The van der Waals surface area contributed by atoms with Gasteiger partial charge in [0.25, 0.3) is 10.0 Å². The van der Waals surface area contributed by atoms with E-state index in [0.717, 1.165) is 18.4 Å². The zero-order chi connectivity index (χ0) is 21.0. The summed E-state index contributed by atoms with van der Waals surface area (Å²) in [5.74, 6) is -0.265. The van der Waals surface area contributed by atoms with Crippen molar-refractivity contribution in [3.05, 3.63) is 47.5 Å². The third-order valence-electron chi connectivity index (χ3n) is 4.64. The Kier molecular flexibility index (Phi) is 6.46. The Morgan fingerprint density at radius 1 is 1.28 bits per heavy atom. The average Bonchev–Trinajstić information content (AvgIpc) is 3.02. The van der Waals surface area contributed by atoms with Gasteiger partial charge in [0, 0.05) is 17.9 Å². The molecule has 1 amide bonds. The maximum atomic E-state index is 13.0. The number of hydrogen-bond donors (Lipinski definition) is 4. The Bertz CT molecular complexity index is 1010. The Morgan fingerprint density at radius 2 is 2.07 bits per heavy atom. The fraction of sp³-hybridized carbons (Fsp3) is 0.316. The molecule has 0 spiro atoms. The molecule has 8 nitrogen and oxygen atoms in total. The minimum Gasteiger partial charge on any atom is -0.423 e. The highest BCUT2D eigenvalue weighted by Crippen LogP contribution is 2.23. The largest absolute Gasteiger partial charge is 0.491 e. The number of nitrogens with one attached hydrogen (secondary N) is 2. The van der Waals surface area contributed by atoms with Crippen molar-refractivity contribution in [1.29, 1.82) is 0 Å². The quantitative estimate of drug-likeness (QED) is 0.285. The molecule has 0 saturated heterocycles. The van der Waals surface area contributed by atoms with Crippen LogP contribution in [0, 0.1) is 0 Å². The first-order valence-corrected chi connectivity index (χ1v) is 10.9. The molecule has 1 aliphatic heterocycles. The number of nitrogens with two attached hydrogens (primary N) is 1. The van der Waals surface area contributed by atoms with Crippen LogP contribution >= 0.6 is 0 Å². The van der Waals surface area contributed by atoms with Crippen molar-refractivity contribution in [1.82, 2.24) is 5.32 Å². The predicted molar refractivity (Wildman–Crippen MR) is 112 cm³/mol. The van der Waals surface area contributed by atoms with Crippen LogP contribution in [-0.4, -0.2) is 33.0 Å². The smallest absolute Gasteiger partial charge is 0.423 e. The second kappa shape index (κ2) is 8.85. The molecule has 1 aliphatic rings. The van der Waals surface area contributed by atoms with Crippen LogP contribution in [0.4, 0.5) is 11.4 Å². The van der Waals surface area contributed by atoms with E-state index in [1.54, 1.807) is 18.2 Å². The fourth-order valence-corrected chi connectivity index (χ4v) is 4.40. The van der Waals surface area contributed by atoms with E-state index < -0.39 is 17.1 Å². The number of amides is 1. The predicted octanol–water partition coefficient (Wildman–Crippen LogP) is 0.746. The van der Waals surface area contributed by atoms with Crippen LogP contribution in [0.15, 0.2) is 41.3 Å². The summed E-state index contributed by atoms with van der Waals surface area (Å²) in [6.45, 7) is 2.83. The number of nitrogen functional groups attached to an aromatic ring is 1. The highest BCUT2D eigenvalue weighted by molar-refractivity contribution is 7.92. The number of rotatable bonds is 8. The van der Waals surface area contributed by atoms with Gasteiger partial charge in [-0.1, -0.05) is 19.4 Å². The number of fused-ring (bicyclic) bond motifs is 1. The molecule has 0 fully saturated rings. The first kappa shape index (κ1) is 21.2. The van der Waals surface area contributed by atoms with E-state index in [1.807, 2.05) is 6.92 Å². The van der Waals surface area contributed by atoms with E-state index in [-0.39, 0.29) is 23.8 Å². The molecule has 0 radical (unpaired) electrons. The van der Waals surface area contributed by atoms with Crippen LogP contribution in [-0.2, 0) is 32.5 Å². The third-order valence-corrected chi connectivity index (χ3v) is 6.12. The minimum absolute atomic E-state index is 0.0189. The zero-order valence-corrected chi connectivity index (χ0v) is 17.0. The molecule has 0 saturated carbocycles. The Balaban J connectivity index is 1.83. The van der Waals surface area contributed by atoms with Gasteiger partial charge in [0.1, 0.15) is 0 Å². The number of sulfonamides is 1. The van der Waals surface area contributed by atoms with Crippen LogP contribution in [0.1, 0.15) is 30.9 Å². The third kappa shape index (κ3) is 5.09. The minimum atomic E-state index is -3.97. The molecule has 2 aromatic carbocycles. The van der Waals surface area contributed by atoms with Crippen molar-refractivity contribution in [2.45, 2.75) is 37.7 Å². The van der Waals surface area contributed by atoms with E-state index in [9.17, 15) is 18.2 Å². The van der Waals surface area contributed by atoms with E-state index in [0.29, 0.717) is 28.9 Å². The normalized spacial score (nSPS) is 13.2. The SMILES string of the molecule is CCCCNC(=O)Cc1cc(N)ccc1S(=O)(=O)Nc1ccc2c(c1)B(O)OC2. The lowest BCUT2D eigenvalue weighted by Gasteiger charge is -2.14. The van der Waals surface area contributed by atoms with Crippen molar-refractivity contribution in [3.8, 4) is 0 Å². The van der Waals surface area contributed by atoms with Crippen molar-refractivity contribution < 1.29 is 22.9 Å². The van der Waals surface area contributed by atoms with Gasteiger partial charge in [-0.25, -0.2) is 8.42 Å². The van der Waals surface area contributed by atoms with Gasteiger partial charge in [-0.3, -0.25) is 9.52 Å². The van der Waals surface area contributed by atoms with Gasteiger partial charge in [-0.15, -0.1) is 0 Å². The maximum Gasteiger partial charge on any atom is 0.491 e. The second-order valence-corrected chi connectivity index (χ2v) is 8.58. The molecule has 5 N–H and O–H groups in total. The van der Waals surface area contributed by atoms with E-state index in [1.165, 1.54) is 18.2 Å². The first-order chi connectivity index (χ1) is 13.8. The van der Waals surface area contributed by atoms with Gasteiger partial charge in [0.15, 0.2) is 0 Å². The number of unbranched alkanes of at least 4 members (excludes halogenated alkanes) is 1. The molecule has 2 aromatic rings. The monoisotopic (exact) mass is 417 g/mol.